The van der Waals surface area contributed by atoms with Gasteiger partial charge in [0.25, 0.3) is 0 Å². The Balaban J connectivity index is 1.31. The van der Waals surface area contributed by atoms with Crippen LogP contribution in [0.4, 0.5) is 17.1 Å². The van der Waals surface area contributed by atoms with Gasteiger partial charge < -0.3 is 14.5 Å². The van der Waals surface area contributed by atoms with Gasteiger partial charge in [0.05, 0.1) is 29.9 Å². The van der Waals surface area contributed by atoms with Crippen molar-refractivity contribution in [1.82, 2.24) is 9.78 Å². The summed E-state index contributed by atoms with van der Waals surface area (Å²) in [4.78, 5) is 4.63. The molecule has 0 unspecified atom stereocenters. The quantitative estimate of drug-likeness (QED) is 0.215. The van der Waals surface area contributed by atoms with Crippen LogP contribution in [0.3, 0.4) is 0 Å². The molecule has 0 radical (unpaired) electrons. The van der Waals surface area contributed by atoms with Crippen LogP contribution in [0.5, 0.6) is 11.5 Å². The molecule has 1 aliphatic heterocycles. The van der Waals surface area contributed by atoms with E-state index < -0.39 is 0 Å². The number of benzene rings is 4. The highest BCUT2D eigenvalue weighted by Crippen LogP contribution is 2.42. The molecule has 6 rings (SSSR count). The molecular formula is C36H38N4O. The fourth-order valence-electron chi connectivity index (χ4n) is 5.47. The normalized spacial score (nSPS) is 13.4. The number of para-hydroxylation sites is 2. The number of hydrogen-bond acceptors (Lipinski definition) is 4. The standard InChI is InChI=1S/C36H38N4O/c1-35(2,3)27-19-30(39-25-38(6)33-17-10-11-18-34(33)39)22-32(20-27)41-31-16-12-15-29(21-31)40-24-28(23-37-40)36(4,5)26-13-8-7-9-14-26/h7-24H,25H2,1-6H3. The van der Waals surface area contributed by atoms with Crippen LogP contribution in [0.2, 0.25) is 0 Å². The molecule has 0 fully saturated rings. The Labute approximate surface area is 243 Å². The van der Waals surface area contributed by atoms with E-state index in [2.05, 4.69) is 143 Å². The van der Waals surface area contributed by atoms with Crippen molar-refractivity contribution in [3.05, 3.63) is 126 Å². The van der Waals surface area contributed by atoms with Crippen LogP contribution >= 0.6 is 0 Å². The van der Waals surface area contributed by atoms with Crippen LogP contribution in [0.25, 0.3) is 5.69 Å². The smallest absolute Gasteiger partial charge is 0.129 e. The summed E-state index contributed by atoms with van der Waals surface area (Å²) in [5.41, 5.74) is 8.00. The predicted octanol–water partition coefficient (Wildman–Crippen LogP) is 8.83. The second-order valence-corrected chi connectivity index (χ2v) is 12.5. The average Bonchev–Trinajstić information content (AvgIpc) is 3.59. The Morgan fingerprint density at radius 1 is 0.659 bits per heavy atom. The molecule has 208 valence electrons. The summed E-state index contributed by atoms with van der Waals surface area (Å²) in [6.07, 6.45) is 4.08. The lowest BCUT2D eigenvalue weighted by molar-refractivity contribution is 0.478. The van der Waals surface area contributed by atoms with Crippen molar-refractivity contribution < 1.29 is 4.74 Å². The Bertz CT molecular complexity index is 1680. The van der Waals surface area contributed by atoms with Gasteiger partial charge in [0.2, 0.25) is 0 Å². The number of rotatable bonds is 6. The summed E-state index contributed by atoms with van der Waals surface area (Å²) >= 11 is 0. The van der Waals surface area contributed by atoms with Gasteiger partial charge in [-0.05, 0) is 52.9 Å². The van der Waals surface area contributed by atoms with E-state index in [0.29, 0.717) is 0 Å². The predicted molar refractivity (Wildman–Crippen MR) is 169 cm³/mol. The molecule has 4 aromatic carbocycles. The number of fused-ring (bicyclic) bond motifs is 1. The van der Waals surface area contributed by atoms with Crippen LogP contribution in [-0.4, -0.2) is 23.5 Å². The Kier molecular flexibility index (Phi) is 6.61. The second kappa shape index (κ2) is 10.2. The molecular weight excluding hydrogens is 504 g/mol. The fraction of sp³-hybridized carbons (Fsp3) is 0.250. The monoisotopic (exact) mass is 542 g/mol. The molecule has 0 amide bonds. The summed E-state index contributed by atoms with van der Waals surface area (Å²) in [5.74, 6) is 1.60. The van der Waals surface area contributed by atoms with Gasteiger partial charge >= 0.3 is 0 Å². The third-order valence-corrected chi connectivity index (χ3v) is 8.12. The molecule has 0 spiro atoms. The number of aromatic nitrogens is 2. The summed E-state index contributed by atoms with van der Waals surface area (Å²) in [7, 11) is 2.14. The largest absolute Gasteiger partial charge is 0.457 e. The zero-order valence-electron chi connectivity index (χ0n) is 24.8. The third kappa shape index (κ3) is 5.20. The molecule has 5 nitrogen and oxygen atoms in total. The highest BCUT2D eigenvalue weighted by molar-refractivity contribution is 5.82. The SMILES string of the molecule is CN1CN(c2cc(Oc3cccc(-n4cc(C(C)(C)c5ccccc5)cn4)c3)cc(C(C)(C)C)c2)c2ccccc21. The van der Waals surface area contributed by atoms with Crippen LogP contribution in [0.1, 0.15) is 51.3 Å². The molecule has 0 bridgehead atoms. The minimum atomic E-state index is -0.153. The van der Waals surface area contributed by atoms with E-state index >= 15 is 0 Å². The van der Waals surface area contributed by atoms with E-state index in [0.717, 1.165) is 35.1 Å². The molecule has 41 heavy (non-hydrogen) atoms. The van der Waals surface area contributed by atoms with E-state index in [1.165, 1.54) is 22.5 Å². The van der Waals surface area contributed by atoms with Crippen LogP contribution in [0.15, 0.2) is 109 Å². The molecule has 0 N–H and O–H groups in total. The second-order valence-electron chi connectivity index (χ2n) is 12.5. The van der Waals surface area contributed by atoms with Crippen molar-refractivity contribution in [3.63, 3.8) is 0 Å². The molecule has 5 heteroatoms. The highest BCUT2D eigenvalue weighted by atomic mass is 16.5. The Morgan fingerprint density at radius 3 is 2.12 bits per heavy atom. The van der Waals surface area contributed by atoms with E-state index in [1.54, 1.807) is 0 Å². The fourth-order valence-corrected chi connectivity index (χ4v) is 5.47. The average molecular weight is 543 g/mol. The van der Waals surface area contributed by atoms with Crippen molar-refractivity contribution in [2.45, 2.75) is 45.4 Å². The van der Waals surface area contributed by atoms with Crippen LogP contribution in [-0.2, 0) is 10.8 Å². The van der Waals surface area contributed by atoms with Gasteiger partial charge in [-0.2, -0.15) is 5.10 Å². The topological polar surface area (TPSA) is 33.5 Å². The lowest BCUT2D eigenvalue weighted by atomic mass is 9.80. The van der Waals surface area contributed by atoms with Crippen LogP contribution < -0.4 is 14.5 Å². The van der Waals surface area contributed by atoms with Gasteiger partial charge in [0.15, 0.2) is 0 Å². The number of ether oxygens (including phenoxy) is 1. The summed E-state index contributed by atoms with van der Waals surface area (Å²) in [6.45, 7) is 12.0. The minimum absolute atomic E-state index is 0.0296. The number of anilines is 3. The first-order valence-corrected chi connectivity index (χ1v) is 14.2. The van der Waals surface area contributed by atoms with Crippen LogP contribution in [0, 0.1) is 0 Å². The lowest BCUT2D eigenvalue weighted by Crippen LogP contribution is -2.24. The van der Waals surface area contributed by atoms with E-state index in [9.17, 15) is 0 Å². The van der Waals surface area contributed by atoms with E-state index in [1.807, 2.05) is 23.0 Å². The van der Waals surface area contributed by atoms with E-state index in [4.69, 9.17) is 9.84 Å². The van der Waals surface area contributed by atoms with Crippen molar-refractivity contribution in [3.8, 4) is 17.2 Å². The maximum Gasteiger partial charge on any atom is 0.129 e. The first kappa shape index (κ1) is 26.7. The zero-order chi connectivity index (χ0) is 28.8. The van der Waals surface area contributed by atoms with Crippen molar-refractivity contribution >= 4 is 17.1 Å². The molecule has 5 aromatic rings. The van der Waals surface area contributed by atoms with Gasteiger partial charge in [-0.3, -0.25) is 0 Å². The number of nitrogens with zero attached hydrogens (tertiary/aromatic N) is 4. The molecule has 0 atom stereocenters. The highest BCUT2D eigenvalue weighted by Gasteiger charge is 2.27. The minimum Gasteiger partial charge on any atom is -0.457 e. The molecule has 1 aromatic heterocycles. The summed E-state index contributed by atoms with van der Waals surface area (Å²) in [6, 6.07) is 33.9. The molecule has 2 heterocycles. The van der Waals surface area contributed by atoms with E-state index in [-0.39, 0.29) is 10.8 Å². The lowest BCUT2D eigenvalue weighted by Gasteiger charge is -2.25. The molecule has 0 saturated heterocycles. The third-order valence-electron chi connectivity index (χ3n) is 8.12. The Hall–Kier alpha value is -4.51. The number of hydrogen-bond donors (Lipinski definition) is 0. The van der Waals surface area contributed by atoms with Gasteiger partial charge in [-0.15, -0.1) is 0 Å². The first-order chi connectivity index (χ1) is 19.6. The van der Waals surface area contributed by atoms with Gasteiger partial charge in [0, 0.05) is 42.0 Å². The maximum atomic E-state index is 6.55. The maximum absolute atomic E-state index is 6.55. The van der Waals surface area contributed by atoms with Gasteiger partial charge in [-0.1, -0.05) is 83.1 Å². The molecule has 0 aliphatic carbocycles. The van der Waals surface area contributed by atoms with Crippen molar-refractivity contribution in [2.75, 3.05) is 23.5 Å². The van der Waals surface area contributed by atoms with Crippen molar-refractivity contribution in [2.24, 2.45) is 0 Å². The zero-order valence-corrected chi connectivity index (χ0v) is 24.8. The summed E-state index contributed by atoms with van der Waals surface area (Å²) < 4.78 is 8.48. The summed E-state index contributed by atoms with van der Waals surface area (Å²) in [5, 5.41) is 4.72. The van der Waals surface area contributed by atoms with Crippen molar-refractivity contribution in [1.29, 1.82) is 0 Å². The molecule has 0 saturated carbocycles. The van der Waals surface area contributed by atoms with Gasteiger partial charge in [0.1, 0.15) is 11.5 Å². The van der Waals surface area contributed by atoms with Gasteiger partial charge in [-0.25, -0.2) is 4.68 Å². The first-order valence-electron chi connectivity index (χ1n) is 14.2. The molecule has 1 aliphatic rings. The Morgan fingerprint density at radius 2 is 1.37 bits per heavy atom.